The van der Waals surface area contributed by atoms with Crippen LogP contribution in [0.3, 0.4) is 0 Å². The van der Waals surface area contributed by atoms with Gasteiger partial charge in [-0.1, -0.05) is 18.2 Å². The average molecular weight is 441 g/mol. The first kappa shape index (κ1) is 20.4. The van der Waals surface area contributed by atoms with Gasteiger partial charge in [0.25, 0.3) is 0 Å². The minimum absolute atomic E-state index is 0.131. The Labute approximate surface area is 188 Å². The lowest BCUT2D eigenvalue weighted by Crippen LogP contribution is -2.20. The van der Waals surface area contributed by atoms with Crippen molar-refractivity contribution in [2.75, 3.05) is 10.6 Å². The molecule has 9 heteroatoms. The van der Waals surface area contributed by atoms with E-state index in [1.54, 1.807) is 52.1 Å². The van der Waals surface area contributed by atoms with E-state index in [0.717, 1.165) is 27.9 Å². The summed E-state index contributed by atoms with van der Waals surface area (Å²) in [6, 6.07) is 13.2. The monoisotopic (exact) mass is 441 g/mol. The molecule has 8 nitrogen and oxygen atoms in total. The van der Waals surface area contributed by atoms with Gasteiger partial charge in [-0.25, -0.2) is 18.7 Å². The highest BCUT2D eigenvalue weighted by Crippen LogP contribution is 2.25. The van der Waals surface area contributed by atoms with Gasteiger partial charge in [-0.3, -0.25) is 4.68 Å². The molecular weight excluding hydrogens is 421 g/mol. The molecule has 0 aliphatic carbocycles. The van der Waals surface area contributed by atoms with Crippen LogP contribution in [-0.4, -0.2) is 30.4 Å². The standard InChI is InChI=1S/C24H20FN7O/c1-15-3-8-20(25)21(9-15)30-24(33)29-19-6-4-16(5-7-19)22-13-26-23-10-17(11-28-32(22)23)18-12-27-31(2)14-18/h3-14H,1-2H3,(H2,29,30,33). The van der Waals surface area contributed by atoms with Crippen molar-refractivity contribution in [2.45, 2.75) is 6.92 Å². The molecule has 0 fully saturated rings. The van der Waals surface area contributed by atoms with Crippen molar-refractivity contribution in [3.05, 3.63) is 84.7 Å². The summed E-state index contributed by atoms with van der Waals surface area (Å²) in [5, 5.41) is 14.0. The smallest absolute Gasteiger partial charge is 0.308 e. The maximum atomic E-state index is 13.9. The number of anilines is 2. The summed E-state index contributed by atoms with van der Waals surface area (Å²) in [7, 11) is 1.87. The molecule has 0 aliphatic rings. The molecule has 2 N–H and O–H groups in total. The number of hydrogen-bond donors (Lipinski definition) is 2. The Morgan fingerprint density at radius 3 is 2.45 bits per heavy atom. The van der Waals surface area contributed by atoms with Gasteiger partial charge in [-0.2, -0.15) is 10.2 Å². The zero-order chi connectivity index (χ0) is 22.9. The van der Waals surface area contributed by atoms with Gasteiger partial charge in [0.15, 0.2) is 5.65 Å². The predicted octanol–water partition coefficient (Wildman–Crippen LogP) is 4.89. The molecular formula is C24H20FN7O. The molecule has 0 saturated carbocycles. The third kappa shape index (κ3) is 4.16. The van der Waals surface area contributed by atoms with Gasteiger partial charge >= 0.3 is 6.03 Å². The number of imidazole rings is 1. The molecule has 3 heterocycles. The minimum Gasteiger partial charge on any atom is -0.308 e. The van der Waals surface area contributed by atoms with Crippen molar-refractivity contribution in [1.29, 1.82) is 0 Å². The zero-order valence-electron chi connectivity index (χ0n) is 18.0. The molecule has 0 saturated heterocycles. The van der Waals surface area contributed by atoms with Gasteiger partial charge in [0.05, 0.1) is 30.0 Å². The number of hydrogen-bond acceptors (Lipinski definition) is 4. The van der Waals surface area contributed by atoms with Gasteiger partial charge in [0, 0.05) is 35.6 Å². The summed E-state index contributed by atoms with van der Waals surface area (Å²) in [6.45, 7) is 1.83. The van der Waals surface area contributed by atoms with E-state index in [9.17, 15) is 9.18 Å². The first-order valence-electron chi connectivity index (χ1n) is 10.2. The van der Waals surface area contributed by atoms with Crippen LogP contribution in [0.2, 0.25) is 0 Å². The highest BCUT2D eigenvalue weighted by atomic mass is 19.1. The third-order valence-corrected chi connectivity index (χ3v) is 5.21. The van der Waals surface area contributed by atoms with E-state index in [0.29, 0.717) is 11.3 Å². The summed E-state index contributed by atoms with van der Waals surface area (Å²) in [4.78, 5) is 16.7. The number of fused-ring (bicyclic) bond motifs is 1. The number of amides is 2. The number of urea groups is 1. The molecule has 0 atom stereocenters. The minimum atomic E-state index is -0.522. The first-order chi connectivity index (χ1) is 16.0. The Kier molecular flexibility index (Phi) is 5.06. The number of rotatable bonds is 4. The molecule has 0 bridgehead atoms. The number of carbonyl (C=O) groups is 1. The van der Waals surface area contributed by atoms with E-state index in [4.69, 9.17) is 0 Å². The van der Waals surface area contributed by atoms with Crippen molar-refractivity contribution in [3.8, 4) is 22.4 Å². The fourth-order valence-electron chi connectivity index (χ4n) is 3.54. The largest absolute Gasteiger partial charge is 0.323 e. The number of nitrogens with zero attached hydrogens (tertiary/aromatic N) is 5. The van der Waals surface area contributed by atoms with Gasteiger partial charge in [0.2, 0.25) is 0 Å². The lowest BCUT2D eigenvalue weighted by atomic mass is 10.1. The van der Waals surface area contributed by atoms with Crippen molar-refractivity contribution < 1.29 is 9.18 Å². The molecule has 5 aromatic rings. The van der Waals surface area contributed by atoms with E-state index in [-0.39, 0.29) is 5.69 Å². The van der Waals surface area contributed by atoms with Gasteiger partial charge in [-0.05, 0) is 42.8 Å². The lowest BCUT2D eigenvalue weighted by molar-refractivity contribution is 0.262. The van der Waals surface area contributed by atoms with E-state index in [1.165, 1.54) is 6.07 Å². The highest BCUT2D eigenvalue weighted by Gasteiger charge is 2.11. The number of halogens is 1. The number of aryl methyl sites for hydroxylation is 2. The zero-order valence-corrected chi connectivity index (χ0v) is 18.0. The van der Waals surface area contributed by atoms with Gasteiger partial charge in [-0.15, -0.1) is 0 Å². The SMILES string of the molecule is Cc1ccc(F)c(NC(=O)Nc2ccc(-c3cnc4cc(-c5cnn(C)c5)cnn34)cc2)c1. The van der Waals surface area contributed by atoms with Crippen molar-refractivity contribution in [3.63, 3.8) is 0 Å². The highest BCUT2D eigenvalue weighted by molar-refractivity contribution is 6.00. The summed E-state index contributed by atoms with van der Waals surface area (Å²) in [6.07, 6.45) is 7.24. The van der Waals surface area contributed by atoms with Crippen LogP contribution in [0, 0.1) is 12.7 Å². The lowest BCUT2D eigenvalue weighted by Gasteiger charge is -2.10. The van der Waals surface area contributed by atoms with Crippen LogP contribution < -0.4 is 10.6 Å². The Balaban J connectivity index is 1.33. The van der Waals surface area contributed by atoms with Crippen LogP contribution in [0.1, 0.15) is 5.56 Å². The molecule has 0 aliphatic heterocycles. The number of benzene rings is 2. The van der Waals surface area contributed by atoms with Gasteiger partial charge < -0.3 is 10.6 Å². The Bertz CT molecular complexity index is 1470. The van der Waals surface area contributed by atoms with Crippen LogP contribution in [0.5, 0.6) is 0 Å². The number of carbonyl (C=O) groups excluding carboxylic acids is 1. The van der Waals surface area contributed by atoms with Gasteiger partial charge in [0.1, 0.15) is 5.82 Å². The Morgan fingerprint density at radius 1 is 0.909 bits per heavy atom. The predicted molar refractivity (Wildman–Crippen MR) is 124 cm³/mol. The van der Waals surface area contributed by atoms with Crippen molar-refractivity contribution >= 4 is 23.1 Å². The molecule has 164 valence electrons. The summed E-state index contributed by atoms with van der Waals surface area (Å²) in [5.74, 6) is -0.488. The second kappa shape index (κ2) is 8.19. The van der Waals surface area contributed by atoms with E-state index < -0.39 is 11.8 Å². The number of aromatic nitrogens is 5. The summed E-state index contributed by atoms with van der Waals surface area (Å²) >= 11 is 0. The molecule has 2 amide bonds. The molecule has 3 aromatic heterocycles. The summed E-state index contributed by atoms with van der Waals surface area (Å²) in [5.41, 5.74) is 5.88. The topological polar surface area (TPSA) is 89.1 Å². The molecule has 0 spiro atoms. The molecule has 5 rings (SSSR count). The second-order valence-electron chi connectivity index (χ2n) is 7.70. The van der Waals surface area contributed by atoms with Crippen LogP contribution in [0.15, 0.2) is 73.3 Å². The average Bonchev–Trinajstić information content (AvgIpc) is 3.42. The fourth-order valence-corrected chi connectivity index (χ4v) is 3.54. The summed E-state index contributed by atoms with van der Waals surface area (Å²) < 4.78 is 17.4. The van der Waals surface area contributed by atoms with Crippen LogP contribution in [0.4, 0.5) is 20.6 Å². The van der Waals surface area contributed by atoms with E-state index in [1.807, 2.05) is 38.4 Å². The van der Waals surface area contributed by atoms with Crippen LogP contribution >= 0.6 is 0 Å². The Hall–Kier alpha value is -4.53. The first-order valence-corrected chi connectivity index (χ1v) is 10.2. The van der Waals surface area contributed by atoms with Crippen molar-refractivity contribution in [2.24, 2.45) is 7.05 Å². The quantitative estimate of drug-likeness (QED) is 0.416. The maximum absolute atomic E-state index is 13.9. The third-order valence-electron chi connectivity index (χ3n) is 5.21. The fraction of sp³-hybridized carbons (Fsp3) is 0.0833. The number of nitrogens with one attached hydrogen (secondary N) is 2. The van der Waals surface area contributed by atoms with Crippen molar-refractivity contribution in [1.82, 2.24) is 24.4 Å². The van der Waals surface area contributed by atoms with E-state index >= 15 is 0 Å². The maximum Gasteiger partial charge on any atom is 0.323 e. The van der Waals surface area contributed by atoms with Crippen LogP contribution in [-0.2, 0) is 7.05 Å². The molecule has 0 radical (unpaired) electrons. The van der Waals surface area contributed by atoms with Crippen LogP contribution in [0.25, 0.3) is 28.0 Å². The second-order valence-corrected chi connectivity index (χ2v) is 7.70. The van der Waals surface area contributed by atoms with E-state index in [2.05, 4.69) is 25.8 Å². The normalized spacial score (nSPS) is 11.0. The molecule has 0 unspecified atom stereocenters. The molecule has 33 heavy (non-hydrogen) atoms. The Morgan fingerprint density at radius 2 is 1.70 bits per heavy atom. The molecule has 2 aromatic carbocycles.